The van der Waals surface area contributed by atoms with Crippen molar-refractivity contribution in [2.24, 2.45) is 5.10 Å². The minimum atomic E-state index is -0.765. The molecule has 0 unspecified atom stereocenters. The lowest BCUT2D eigenvalue weighted by molar-refractivity contribution is 0.187. The van der Waals surface area contributed by atoms with Crippen molar-refractivity contribution in [1.82, 2.24) is 15.0 Å². The van der Waals surface area contributed by atoms with Crippen LogP contribution in [0, 0.1) is 5.82 Å². The minimum absolute atomic E-state index is 0.0288. The highest BCUT2D eigenvalue weighted by Gasteiger charge is 2.20. The first-order valence-electron chi connectivity index (χ1n) is 8.65. The number of aromatic nitrogens is 3. The Morgan fingerprint density at radius 1 is 1.23 bits per heavy atom. The van der Waals surface area contributed by atoms with E-state index >= 15 is 0 Å². The molecule has 0 radical (unpaired) electrons. The number of benzene rings is 1. The zero-order valence-electron chi connectivity index (χ0n) is 16.0. The molecule has 0 bridgehead atoms. The lowest BCUT2D eigenvalue weighted by Gasteiger charge is -2.20. The van der Waals surface area contributed by atoms with Crippen LogP contribution in [-0.2, 0) is 11.3 Å². The maximum atomic E-state index is 14.1. The number of nitrogens with two attached hydrogens (primary N) is 2. The molecule has 0 fully saturated rings. The number of amides is 1. The number of hydrogen-bond acceptors (Lipinski definition) is 9. The first-order valence-corrected chi connectivity index (χ1v) is 8.65. The van der Waals surface area contributed by atoms with Crippen molar-refractivity contribution in [2.45, 2.75) is 6.54 Å². The maximum absolute atomic E-state index is 14.1. The summed E-state index contributed by atoms with van der Waals surface area (Å²) in [6, 6.07) is 9.66. The third-order valence-electron chi connectivity index (χ3n) is 4.10. The Bertz CT molecular complexity index is 1070. The Morgan fingerprint density at radius 2 is 1.93 bits per heavy atom. The molecule has 2 aromatic heterocycles. The molecule has 0 spiro atoms. The smallest absolute Gasteiger partial charge is 0.411 e. The van der Waals surface area contributed by atoms with Crippen LogP contribution in [0.2, 0.25) is 0 Å². The third-order valence-corrected chi connectivity index (χ3v) is 4.10. The molecule has 30 heavy (non-hydrogen) atoms. The highest BCUT2D eigenvalue weighted by atomic mass is 19.1. The van der Waals surface area contributed by atoms with Crippen LogP contribution in [0.25, 0.3) is 11.4 Å². The number of nitrogens with zero attached hydrogens (tertiary/aromatic N) is 5. The number of hydrogen-bond donors (Lipinski definition) is 3. The van der Waals surface area contributed by atoms with E-state index in [0.29, 0.717) is 16.9 Å². The quantitative estimate of drug-likeness (QED) is 0.415. The molecule has 0 aliphatic heterocycles. The standard InChI is InChI=1S/C19H19FN8O2/c1-23-28(10-11-6-3-4-8-13(11)20)18-12(7-5-9-24-18)17-26-15(21)14(16(22)27-17)25-19(29)30-2/h3-9H,1,10H2,2H3,(H,25,29)(H4,21,22,26,27). The SMILES string of the molecule is C=NN(Cc1ccccc1F)c1ncccc1-c1nc(N)c(NC(=O)OC)c(N)n1. The number of nitrogens with one attached hydrogen (secondary N) is 1. The second-order valence-corrected chi connectivity index (χ2v) is 5.97. The summed E-state index contributed by atoms with van der Waals surface area (Å²) in [5, 5.41) is 7.73. The van der Waals surface area contributed by atoms with Gasteiger partial charge in [-0.3, -0.25) is 5.32 Å². The normalized spacial score (nSPS) is 10.3. The van der Waals surface area contributed by atoms with Crippen molar-refractivity contribution in [2.75, 3.05) is 28.9 Å². The van der Waals surface area contributed by atoms with Crippen LogP contribution in [0.3, 0.4) is 0 Å². The molecule has 0 saturated heterocycles. The van der Waals surface area contributed by atoms with Gasteiger partial charge >= 0.3 is 6.09 Å². The highest BCUT2D eigenvalue weighted by molar-refractivity contribution is 5.93. The monoisotopic (exact) mass is 410 g/mol. The second kappa shape index (κ2) is 8.82. The van der Waals surface area contributed by atoms with Crippen LogP contribution >= 0.6 is 0 Å². The van der Waals surface area contributed by atoms with Crippen LogP contribution in [0.4, 0.5) is 32.3 Å². The summed E-state index contributed by atoms with van der Waals surface area (Å²) in [6.45, 7) is 3.63. The summed E-state index contributed by atoms with van der Waals surface area (Å²) in [5.74, 6) is -0.0459. The summed E-state index contributed by atoms with van der Waals surface area (Å²) < 4.78 is 18.6. The van der Waals surface area contributed by atoms with Crippen LogP contribution < -0.4 is 21.8 Å². The number of methoxy groups -OCH3 is 1. The van der Waals surface area contributed by atoms with Crippen molar-refractivity contribution in [1.29, 1.82) is 0 Å². The molecule has 154 valence electrons. The molecule has 0 aliphatic carbocycles. The molecule has 0 aliphatic rings. The van der Waals surface area contributed by atoms with E-state index in [1.165, 1.54) is 24.4 Å². The van der Waals surface area contributed by atoms with Crippen LogP contribution in [-0.4, -0.2) is 34.9 Å². The van der Waals surface area contributed by atoms with Gasteiger partial charge < -0.3 is 16.2 Å². The summed E-state index contributed by atoms with van der Waals surface area (Å²) in [5.41, 5.74) is 12.8. The topological polar surface area (TPSA) is 145 Å². The van der Waals surface area contributed by atoms with Gasteiger partial charge in [-0.25, -0.2) is 29.1 Å². The molecule has 11 heteroatoms. The second-order valence-electron chi connectivity index (χ2n) is 5.97. The summed E-state index contributed by atoms with van der Waals surface area (Å²) >= 11 is 0. The van der Waals surface area contributed by atoms with E-state index in [-0.39, 0.29) is 35.5 Å². The molecular weight excluding hydrogens is 391 g/mol. The van der Waals surface area contributed by atoms with Gasteiger partial charge in [0.05, 0.1) is 19.2 Å². The Labute approximate surface area is 171 Å². The van der Waals surface area contributed by atoms with Gasteiger partial charge in [0.25, 0.3) is 0 Å². The van der Waals surface area contributed by atoms with Gasteiger partial charge in [-0.15, -0.1) is 0 Å². The molecule has 2 heterocycles. The highest BCUT2D eigenvalue weighted by Crippen LogP contribution is 2.32. The number of hydrazone groups is 1. The van der Waals surface area contributed by atoms with Crippen molar-refractivity contribution in [3.8, 4) is 11.4 Å². The predicted octanol–water partition coefficient (Wildman–Crippen LogP) is 2.64. The third kappa shape index (κ3) is 4.24. The summed E-state index contributed by atoms with van der Waals surface area (Å²) in [6.07, 6.45) is 0.775. The first kappa shape index (κ1) is 20.5. The van der Waals surface area contributed by atoms with Gasteiger partial charge in [0.15, 0.2) is 23.3 Å². The number of carbonyl (C=O) groups excluding carboxylic acids is 1. The molecule has 1 amide bonds. The Morgan fingerprint density at radius 3 is 2.57 bits per heavy atom. The van der Waals surface area contributed by atoms with E-state index in [2.05, 4.69) is 36.8 Å². The number of anilines is 4. The fraction of sp³-hybridized carbons (Fsp3) is 0.105. The molecule has 1 aromatic carbocycles. The molecule has 3 rings (SSSR count). The molecular formula is C19H19FN8O2. The molecule has 0 saturated carbocycles. The number of rotatable bonds is 6. The largest absolute Gasteiger partial charge is 0.453 e. The fourth-order valence-corrected chi connectivity index (χ4v) is 2.65. The Balaban J connectivity index is 2.01. The van der Waals surface area contributed by atoms with E-state index in [1.807, 2.05) is 0 Å². The number of ether oxygens (including phenoxy) is 1. The molecule has 0 atom stereocenters. The Kier molecular flexibility index (Phi) is 6.01. The Hall–Kier alpha value is -4.28. The summed E-state index contributed by atoms with van der Waals surface area (Å²) in [4.78, 5) is 24.2. The van der Waals surface area contributed by atoms with Crippen molar-refractivity contribution in [3.63, 3.8) is 0 Å². The lowest BCUT2D eigenvalue weighted by atomic mass is 10.2. The van der Waals surface area contributed by atoms with Crippen molar-refractivity contribution < 1.29 is 13.9 Å². The van der Waals surface area contributed by atoms with Gasteiger partial charge in [-0.1, -0.05) is 18.2 Å². The van der Waals surface area contributed by atoms with Crippen molar-refractivity contribution in [3.05, 3.63) is 54.0 Å². The van der Waals surface area contributed by atoms with Gasteiger partial charge in [0.1, 0.15) is 11.5 Å². The summed E-state index contributed by atoms with van der Waals surface area (Å²) in [7, 11) is 1.20. The first-order chi connectivity index (χ1) is 14.4. The number of carbonyl (C=O) groups is 1. The van der Waals surface area contributed by atoms with Crippen LogP contribution in [0.15, 0.2) is 47.7 Å². The van der Waals surface area contributed by atoms with E-state index < -0.39 is 6.09 Å². The van der Waals surface area contributed by atoms with E-state index in [0.717, 1.165) is 0 Å². The minimum Gasteiger partial charge on any atom is -0.453 e. The average Bonchev–Trinajstić information content (AvgIpc) is 2.75. The molecule has 3 aromatic rings. The number of pyridine rings is 1. The van der Waals surface area contributed by atoms with Gasteiger partial charge in [0.2, 0.25) is 0 Å². The van der Waals surface area contributed by atoms with E-state index in [4.69, 9.17) is 11.5 Å². The van der Waals surface area contributed by atoms with Gasteiger partial charge in [-0.05, 0) is 18.2 Å². The maximum Gasteiger partial charge on any atom is 0.411 e. The van der Waals surface area contributed by atoms with Crippen LogP contribution in [0.1, 0.15) is 5.56 Å². The predicted molar refractivity (Wildman–Crippen MR) is 112 cm³/mol. The van der Waals surface area contributed by atoms with E-state index in [1.54, 1.807) is 30.3 Å². The molecule has 10 nitrogen and oxygen atoms in total. The average molecular weight is 410 g/mol. The van der Waals surface area contributed by atoms with Gasteiger partial charge in [-0.2, -0.15) is 5.10 Å². The molecule has 5 N–H and O–H groups in total. The van der Waals surface area contributed by atoms with Crippen molar-refractivity contribution >= 4 is 36.0 Å². The zero-order chi connectivity index (χ0) is 21.7. The lowest BCUT2D eigenvalue weighted by Crippen LogP contribution is -2.19. The van der Waals surface area contributed by atoms with Crippen LogP contribution in [0.5, 0.6) is 0 Å². The number of nitrogen functional groups attached to an aromatic ring is 2. The fourth-order valence-electron chi connectivity index (χ4n) is 2.65. The van der Waals surface area contributed by atoms with Gasteiger partial charge in [0, 0.05) is 18.5 Å². The number of halogens is 1. The van der Waals surface area contributed by atoms with E-state index in [9.17, 15) is 9.18 Å². The zero-order valence-corrected chi connectivity index (χ0v) is 16.0.